The van der Waals surface area contributed by atoms with Crippen LogP contribution in [0.25, 0.3) is 0 Å². The van der Waals surface area contributed by atoms with Crippen molar-refractivity contribution in [1.29, 1.82) is 5.26 Å². The molecule has 1 aromatic carbocycles. The average molecular weight is 372 g/mol. The highest BCUT2D eigenvalue weighted by atomic mass is 79.9. The zero-order valence-corrected chi connectivity index (χ0v) is 14.6. The van der Waals surface area contributed by atoms with Gasteiger partial charge in [-0.1, -0.05) is 15.9 Å². The number of nitriles is 1. The van der Waals surface area contributed by atoms with E-state index in [0.717, 1.165) is 42.0 Å². The first-order chi connectivity index (χ1) is 11.2. The van der Waals surface area contributed by atoms with Crippen LogP contribution in [0.3, 0.4) is 0 Å². The maximum Gasteiger partial charge on any atom is 0.225 e. The fraction of sp³-hybridized carbons (Fsp3) is 0.353. The van der Waals surface area contributed by atoms with Crippen LogP contribution in [0.1, 0.15) is 18.4 Å². The Labute approximate surface area is 144 Å². The Bertz CT molecular complexity index is 713. The lowest BCUT2D eigenvalue weighted by atomic mass is 10.0. The number of hydrogen-bond donors (Lipinski definition) is 0. The molecule has 5 nitrogen and oxygen atoms in total. The van der Waals surface area contributed by atoms with Crippen molar-refractivity contribution in [2.75, 3.05) is 29.9 Å². The van der Waals surface area contributed by atoms with E-state index in [1.807, 2.05) is 31.3 Å². The molecule has 0 spiro atoms. The quantitative estimate of drug-likeness (QED) is 0.828. The summed E-state index contributed by atoms with van der Waals surface area (Å²) in [5.74, 6) is 0.746. The largest absolute Gasteiger partial charge is 0.368 e. The van der Waals surface area contributed by atoms with Crippen LogP contribution < -0.4 is 9.80 Å². The highest BCUT2D eigenvalue weighted by Crippen LogP contribution is 2.28. The molecule has 1 fully saturated rings. The molecule has 23 heavy (non-hydrogen) atoms. The Balaban J connectivity index is 1.80. The number of aromatic nitrogens is 2. The number of likely N-dealkylation sites (N-methyl/N-ethyl adjacent to an activating group) is 1. The number of rotatable bonds is 3. The Kier molecular flexibility index (Phi) is 4.77. The third kappa shape index (κ3) is 3.45. The van der Waals surface area contributed by atoms with Gasteiger partial charge in [-0.2, -0.15) is 5.26 Å². The molecule has 2 heterocycles. The van der Waals surface area contributed by atoms with Crippen LogP contribution in [0.2, 0.25) is 0 Å². The van der Waals surface area contributed by atoms with Gasteiger partial charge < -0.3 is 9.80 Å². The van der Waals surface area contributed by atoms with Gasteiger partial charge in [-0.25, -0.2) is 9.97 Å². The van der Waals surface area contributed by atoms with E-state index in [9.17, 15) is 5.26 Å². The lowest BCUT2D eigenvalue weighted by Crippen LogP contribution is -2.47. The summed E-state index contributed by atoms with van der Waals surface area (Å²) in [6.45, 7) is 1.83. The van der Waals surface area contributed by atoms with Crippen LogP contribution in [0.4, 0.5) is 11.6 Å². The van der Waals surface area contributed by atoms with Crippen molar-refractivity contribution in [3.8, 4) is 6.07 Å². The third-order valence-corrected chi connectivity index (χ3v) is 4.72. The number of halogens is 1. The molecule has 0 amide bonds. The highest BCUT2D eigenvalue weighted by molar-refractivity contribution is 9.10. The van der Waals surface area contributed by atoms with E-state index in [-0.39, 0.29) is 0 Å². The maximum absolute atomic E-state index is 9.40. The van der Waals surface area contributed by atoms with Gasteiger partial charge in [0, 0.05) is 43.0 Å². The molecule has 0 N–H and O–H groups in total. The fourth-order valence-corrected chi connectivity index (χ4v) is 3.36. The van der Waals surface area contributed by atoms with Crippen molar-refractivity contribution < 1.29 is 0 Å². The second kappa shape index (κ2) is 6.97. The summed E-state index contributed by atoms with van der Waals surface area (Å²) in [4.78, 5) is 13.1. The molecule has 2 aromatic rings. The Morgan fingerprint density at radius 1 is 1.35 bits per heavy atom. The zero-order chi connectivity index (χ0) is 16.2. The van der Waals surface area contributed by atoms with Crippen LogP contribution in [-0.4, -0.2) is 36.1 Å². The van der Waals surface area contributed by atoms with Crippen molar-refractivity contribution in [3.63, 3.8) is 0 Å². The number of anilines is 2. The third-order valence-electron chi connectivity index (χ3n) is 4.23. The summed E-state index contributed by atoms with van der Waals surface area (Å²) in [7, 11) is 2.04. The lowest BCUT2D eigenvalue weighted by Gasteiger charge is -2.39. The summed E-state index contributed by atoms with van der Waals surface area (Å²) in [6.07, 6.45) is 5.72. The number of nitrogens with zero attached hydrogens (tertiary/aromatic N) is 5. The summed E-state index contributed by atoms with van der Waals surface area (Å²) in [5, 5.41) is 9.40. The molecule has 0 saturated carbocycles. The van der Waals surface area contributed by atoms with E-state index >= 15 is 0 Å². The maximum atomic E-state index is 9.40. The zero-order valence-electron chi connectivity index (χ0n) is 13.0. The molecular formula is C17H18BrN5. The first-order valence-electron chi connectivity index (χ1n) is 7.63. The van der Waals surface area contributed by atoms with Crippen LogP contribution >= 0.6 is 15.9 Å². The predicted molar refractivity (Wildman–Crippen MR) is 94.5 cm³/mol. The molecule has 1 saturated heterocycles. The fourth-order valence-electron chi connectivity index (χ4n) is 3.00. The van der Waals surface area contributed by atoms with E-state index in [4.69, 9.17) is 0 Å². The van der Waals surface area contributed by atoms with E-state index in [2.05, 4.69) is 41.8 Å². The van der Waals surface area contributed by atoms with Crippen molar-refractivity contribution in [3.05, 3.63) is 46.7 Å². The van der Waals surface area contributed by atoms with Gasteiger partial charge in [-0.05, 0) is 37.1 Å². The van der Waals surface area contributed by atoms with Gasteiger partial charge in [0.15, 0.2) is 0 Å². The van der Waals surface area contributed by atoms with Crippen LogP contribution in [0.15, 0.2) is 41.1 Å². The molecule has 3 rings (SSSR count). The minimum atomic E-state index is 0.335. The van der Waals surface area contributed by atoms with Crippen molar-refractivity contribution in [1.82, 2.24) is 9.97 Å². The van der Waals surface area contributed by atoms with Gasteiger partial charge in [-0.3, -0.25) is 0 Å². The van der Waals surface area contributed by atoms with Crippen molar-refractivity contribution in [2.24, 2.45) is 0 Å². The summed E-state index contributed by atoms with van der Waals surface area (Å²) >= 11 is 3.43. The SMILES string of the molecule is CN(c1ncccn1)C1CCCN(c2ccc(Br)cc2C#N)C1. The molecule has 1 atom stereocenters. The lowest BCUT2D eigenvalue weighted by molar-refractivity contribution is 0.483. The van der Waals surface area contributed by atoms with Gasteiger partial charge in [0.25, 0.3) is 0 Å². The normalized spacial score (nSPS) is 17.6. The van der Waals surface area contributed by atoms with Crippen molar-refractivity contribution in [2.45, 2.75) is 18.9 Å². The van der Waals surface area contributed by atoms with E-state index in [1.54, 1.807) is 12.4 Å². The minimum Gasteiger partial charge on any atom is -0.368 e. The minimum absolute atomic E-state index is 0.335. The average Bonchev–Trinajstić information content (AvgIpc) is 2.61. The molecular weight excluding hydrogens is 354 g/mol. The molecule has 0 bridgehead atoms. The van der Waals surface area contributed by atoms with E-state index in [1.165, 1.54) is 0 Å². The van der Waals surface area contributed by atoms with Gasteiger partial charge in [0.05, 0.1) is 11.3 Å². The molecule has 6 heteroatoms. The summed E-state index contributed by atoms with van der Waals surface area (Å²) in [6, 6.07) is 10.3. The smallest absolute Gasteiger partial charge is 0.225 e. The standard InChI is InChI=1S/C17H18BrN5/c1-22(17-20-7-3-8-21-17)15-4-2-9-23(12-15)16-6-5-14(18)10-13(16)11-19/h3,5-8,10,15H,2,4,9,12H2,1H3. The molecule has 1 unspecified atom stereocenters. The van der Waals surface area contributed by atoms with E-state index in [0.29, 0.717) is 11.6 Å². The molecule has 0 radical (unpaired) electrons. The monoisotopic (exact) mass is 371 g/mol. The molecule has 118 valence electrons. The number of benzene rings is 1. The highest BCUT2D eigenvalue weighted by Gasteiger charge is 2.26. The van der Waals surface area contributed by atoms with Gasteiger partial charge in [0.1, 0.15) is 6.07 Å². The Morgan fingerprint density at radius 3 is 2.87 bits per heavy atom. The Hall–Kier alpha value is -2.13. The summed E-state index contributed by atoms with van der Waals surface area (Å²) in [5.41, 5.74) is 1.71. The first kappa shape index (κ1) is 15.8. The van der Waals surface area contributed by atoms with Gasteiger partial charge in [0.2, 0.25) is 5.95 Å². The van der Waals surface area contributed by atoms with Crippen molar-refractivity contribution >= 4 is 27.6 Å². The molecule has 1 aliphatic heterocycles. The number of hydrogen-bond acceptors (Lipinski definition) is 5. The number of piperidine rings is 1. The predicted octanol–water partition coefficient (Wildman–Crippen LogP) is 3.22. The first-order valence-corrected chi connectivity index (χ1v) is 8.43. The molecule has 0 aliphatic carbocycles. The van der Waals surface area contributed by atoms with Gasteiger partial charge in [-0.15, -0.1) is 0 Å². The van der Waals surface area contributed by atoms with Crippen LogP contribution in [0, 0.1) is 11.3 Å². The molecule has 1 aliphatic rings. The van der Waals surface area contributed by atoms with Gasteiger partial charge >= 0.3 is 0 Å². The molecule has 1 aromatic heterocycles. The van der Waals surface area contributed by atoms with Crippen LogP contribution in [-0.2, 0) is 0 Å². The Morgan fingerprint density at radius 2 is 2.13 bits per heavy atom. The summed E-state index contributed by atoms with van der Waals surface area (Å²) < 4.78 is 0.932. The second-order valence-corrected chi connectivity index (χ2v) is 6.59. The van der Waals surface area contributed by atoms with E-state index < -0.39 is 0 Å². The van der Waals surface area contributed by atoms with Crippen LogP contribution in [0.5, 0.6) is 0 Å². The second-order valence-electron chi connectivity index (χ2n) is 5.68. The topological polar surface area (TPSA) is 56.1 Å².